The van der Waals surface area contributed by atoms with E-state index in [1.165, 1.54) is 0 Å². The number of hydrogen-bond acceptors (Lipinski definition) is 3. The highest BCUT2D eigenvalue weighted by Gasteiger charge is 2.14. The SMILES string of the molecule is O=C(Nc1ccc(Br)cn1)SC(F)Cc1ccccc1. The van der Waals surface area contributed by atoms with E-state index in [1.807, 2.05) is 30.3 Å². The van der Waals surface area contributed by atoms with E-state index in [9.17, 15) is 9.18 Å². The maximum atomic E-state index is 13.8. The number of halogens is 2. The highest BCUT2D eigenvalue weighted by molar-refractivity contribution is 9.10. The Morgan fingerprint density at radius 3 is 2.70 bits per heavy atom. The maximum Gasteiger partial charge on any atom is 0.287 e. The van der Waals surface area contributed by atoms with Gasteiger partial charge >= 0.3 is 0 Å². The molecule has 0 aliphatic heterocycles. The Hall–Kier alpha value is -1.40. The molecule has 1 aromatic heterocycles. The number of thioether (sulfide) groups is 1. The fourth-order valence-electron chi connectivity index (χ4n) is 1.54. The predicted octanol–water partition coefficient (Wildman–Crippen LogP) is 4.65. The third-order valence-electron chi connectivity index (χ3n) is 2.43. The van der Waals surface area contributed by atoms with Crippen LogP contribution in [-0.4, -0.2) is 15.7 Å². The largest absolute Gasteiger partial charge is 0.301 e. The van der Waals surface area contributed by atoms with Gasteiger partial charge in [0.2, 0.25) is 0 Å². The highest BCUT2D eigenvalue weighted by atomic mass is 79.9. The molecule has 1 atom stereocenters. The van der Waals surface area contributed by atoms with E-state index in [1.54, 1.807) is 18.3 Å². The van der Waals surface area contributed by atoms with Crippen LogP contribution in [0.5, 0.6) is 0 Å². The van der Waals surface area contributed by atoms with E-state index >= 15 is 0 Å². The number of anilines is 1. The first-order valence-electron chi connectivity index (χ1n) is 5.90. The molecule has 0 radical (unpaired) electrons. The lowest BCUT2D eigenvalue weighted by molar-refractivity contribution is 0.269. The molecular weight excluding hydrogens is 343 g/mol. The maximum absolute atomic E-state index is 13.8. The van der Waals surface area contributed by atoms with Gasteiger partial charge in [0, 0.05) is 17.1 Å². The molecule has 0 saturated heterocycles. The summed E-state index contributed by atoms with van der Waals surface area (Å²) in [6.45, 7) is 0. The molecular formula is C14H12BrFN2OS. The zero-order valence-corrected chi connectivity index (χ0v) is 12.8. The first-order chi connectivity index (χ1) is 9.63. The lowest BCUT2D eigenvalue weighted by Gasteiger charge is -2.08. The van der Waals surface area contributed by atoms with Crippen LogP contribution in [0.15, 0.2) is 53.1 Å². The van der Waals surface area contributed by atoms with Crippen molar-refractivity contribution in [3.63, 3.8) is 0 Å². The van der Waals surface area contributed by atoms with Gasteiger partial charge in [-0.2, -0.15) is 0 Å². The van der Waals surface area contributed by atoms with E-state index in [4.69, 9.17) is 0 Å². The Labute approximate surface area is 129 Å². The summed E-state index contributed by atoms with van der Waals surface area (Å²) >= 11 is 3.87. The molecule has 2 aromatic rings. The summed E-state index contributed by atoms with van der Waals surface area (Å²) in [7, 11) is 0. The van der Waals surface area contributed by atoms with Gasteiger partial charge in [0.05, 0.1) is 0 Å². The van der Waals surface area contributed by atoms with Crippen molar-refractivity contribution in [2.45, 2.75) is 11.9 Å². The van der Waals surface area contributed by atoms with E-state index in [2.05, 4.69) is 26.2 Å². The molecule has 1 aromatic carbocycles. The molecule has 0 bridgehead atoms. The lowest BCUT2D eigenvalue weighted by atomic mass is 10.2. The molecule has 2 rings (SSSR count). The minimum Gasteiger partial charge on any atom is -0.301 e. The number of nitrogens with one attached hydrogen (secondary N) is 1. The fraction of sp³-hybridized carbons (Fsp3) is 0.143. The van der Waals surface area contributed by atoms with Crippen LogP contribution in [0.3, 0.4) is 0 Å². The van der Waals surface area contributed by atoms with Crippen molar-refractivity contribution < 1.29 is 9.18 Å². The van der Waals surface area contributed by atoms with E-state index < -0.39 is 10.7 Å². The second-order valence-corrected chi connectivity index (χ2v) is 6.03. The van der Waals surface area contributed by atoms with Crippen LogP contribution in [0.4, 0.5) is 15.0 Å². The van der Waals surface area contributed by atoms with Crippen LogP contribution in [0.1, 0.15) is 5.56 Å². The Morgan fingerprint density at radius 2 is 2.05 bits per heavy atom. The van der Waals surface area contributed by atoms with E-state index in [0.29, 0.717) is 17.6 Å². The summed E-state index contributed by atoms with van der Waals surface area (Å²) in [4.78, 5) is 15.7. The minimum absolute atomic E-state index is 0.201. The van der Waals surface area contributed by atoms with Gasteiger partial charge in [-0.1, -0.05) is 30.3 Å². The Kier molecular flexibility index (Phi) is 5.55. The van der Waals surface area contributed by atoms with Crippen molar-refractivity contribution in [2.75, 3.05) is 5.32 Å². The number of aromatic nitrogens is 1. The van der Waals surface area contributed by atoms with Crippen LogP contribution >= 0.6 is 27.7 Å². The van der Waals surface area contributed by atoms with Gasteiger partial charge in [0.15, 0.2) is 5.50 Å². The molecule has 1 amide bonds. The zero-order valence-electron chi connectivity index (χ0n) is 10.4. The number of amides is 1. The van der Waals surface area contributed by atoms with Crippen LogP contribution in [-0.2, 0) is 6.42 Å². The van der Waals surface area contributed by atoms with Gasteiger partial charge in [0.1, 0.15) is 5.82 Å². The number of hydrogen-bond donors (Lipinski definition) is 1. The molecule has 0 aliphatic rings. The van der Waals surface area contributed by atoms with E-state index in [-0.39, 0.29) is 6.42 Å². The first kappa shape index (κ1) is 15.0. The minimum atomic E-state index is -1.28. The molecule has 20 heavy (non-hydrogen) atoms. The first-order valence-corrected chi connectivity index (χ1v) is 7.58. The van der Waals surface area contributed by atoms with Crippen LogP contribution in [0.2, 0.25) is 0 Å². The normalized spacial score (nSPS) is 11.9. The molecule has 1 N–H and O–H groups in total. The van der Waals surface area contributed by atoms with Gasteiger partial charge in [-0.05, 0) is 45.4 Å². The van der Waals surface area contributed by atoms with Gasteiger partial charge in [-0.25, -0.2) is 9.37 Å². The number of nitrogens with zero attached hydrogens (tertiary/aromatic N) is 1. The van der Waals surface area contributed by atoms with Crippen LogP contribution in [0.25, 0.3) is 0 Å². The molecule has 0 fully saturated rings. The number of benzene rings is 1. The average molecular weight is 355 g/mol. The number of carbonyl (C=O) groups excluding carboxylic acids is 1. The Balaban J connectivity index is 1.83. The molecule has 1 unspecified atom stereocenters. The van der Waals surface area contributed by atoms with Gasteiger partial charge < -0.3 is 5.32 Å². The zero-order chi connectivity index (χ0) is 14.4. The smallest absolute Gasteiger partial charge is 0.287 e. The van der Waals surface area contributed by atoms with Gasteiger partial charge in [-0.15, -0.1) is 0 Å². The van der Waals surface area contributed by atoms with Crippen molar-refractivity contribution in [3.8, 4) is 0 Å². The highest BCUT2D eigenvalue weighted by Crippen LogP contribution is 2.20. The topological polar surface area (TPSA) is 42.0 Å². The molecule has 0 spiro atoms. The second-order valence-electron chi connectivity index (χ2n) is 3.99. The quantitative estimate of drug-likeness (QED) is 0.868. The monoisotopic (exact) mass is 354 g/mol. The van der Waals surface area contributed by atoms with Gasteiger partial charge in [0.25, 0.3) is 5.24 Å². The Morgan fingerprint density at radius 1 is 1.30 bits per heavy atom. The second kappa shape index (κ2) is 7.40. The van der Waals surface area contributed by atoms with Gasteiger partial charge in [-0.3, -0.25) is 4.79 Å². The summed E-state index contributed by atoms with van der Waals surface area (Å²) in [6, 6.07) is 12.6. The third-order valence-corrected chi connectivity index (χ3v) is 3.64. The number of rotatable bonds is 4. The van der Waals surface area contributed by atoms with Crippen molar-refractivity contribution >= 4 is 38.7 Å². The van der Waals surface area contributed by atoms with Crippen molar-refractivity contribution in [3.05, 3.63) is 58.7 Å². The number of carbonyl (C=O) groups is 1. The lowest BCUT2D eigenvalue weighted by Crippen LogP contribution is -2.11. The van der Waals surface area contributed by atoms with Crippen LogP contribution in [0, 0.1) is 0 Å². The average Bonchev–Trinajstić information content (AvgIpc) is 2.42. The van der Waals surface area contributed by atoms with Crippen LogP contribution < -0.4 is 5.32 Å². The summed E-state index contributed by atoms with van der Waals surface area (Å²) in [5, 5.41) is 2.08. The fourth-order valence-corrected chi connectivity index (χ4v) is 2.45. The molecule has 3 nitrogen and oxygen atoms in total. The third kappa shape index (κ3) is 4.94. The summed E-state index contributed by atoms with van der Waals surface area (Å²) < 4.78 is 14.6. The standard InChI is InChI=1S/C14H12BrFN2OS/c15-11-6-7-13(17-9-11)18-14(19)20-12(16)8-10-4-2-1-3-5-10/h1-7,9,12H,8H2,(H,17,18,19). The molecule has 104 valence electrons. The summed E-state index contributed by atoms with van der Waals surface area (Å²) in [5.41, 5.74) is -0.421. The number of pyridine rings is 1. The molecule has 0 saturated carbocycles. The molecule has 6 heteroatoms. The molecule has 0 aliphatic carbocycles. The summed E-state index contributed by atoms with van der Waals surface area (Å²) in [5.74, 6) is 0.401. The number of alkyl halides is 1. The Bertz CT molecular complexity index is 565. The van der Waals surface area contributed by atoms with Crippen molar-refractivity contribution in [2.24, 2.45) is 0 Å². The van der Waals surface area contributed by atoms with Crippen molar-refractivity contribution in [1.29, 1.82) is 0 Å². The predicted molar refractivity (Wildman–Crippen MR) is 83.6 cm³/mol. The van der Waals surface area contributed by atoms with Crippen molar-refractivity contribution in [1.82, 2.24) is 4.98 Å². The molecule has 1 heterocycles. The van der Waals surface area contributed by atoms with E-state index in [0.717, 1.165) is 10.0 Å². The summed E-state index contributed by atoms with van der Waals surface area (Å²) in [6.07, 6.45) is 1.77.